The van der Waals surface area contributed by atoms with Gasteiger partial charge in [0.15, 0.2) is 5.65 Å². The summed E-state index contributed by atoms with van der Waals surface area (Å²) in [4.78, 5) is 11.1. The van der Waals surface area contributed by atoms with Crippen molar-refractivity contribution in [3.8, 4) is 28.3 Å². The molecule has 2 N–H and O–H groups in total. The Morgan fingerprint density at radius 3 is 2.54 bits per heavy atom. The van der Waals surface area contributed by atoms with Crippen molar-refractivity contribution in [3.63, 3.8) is 0 Å². The summed E-state index contributed by atoms with van der Waals surface area (Å²) < 4.78 is 1.53. The zero-order valence-electron chi connectivity index (χ0n) is 20.0. The summed E-state index contributed by atoms with van der Waals surface area (Å²) in [6, 6.07) is 7.71. The maximum absolute atomic E-state index is 10.7. The van der Waals surface area contributed by atoms with Crippen molar-refractivity contribution >= 4 is 36.4 Å². The fourth-order valence-electron chi connectivity index (χ4n) is 4.11. The molecule has 0 radical (unpaired) electrons. The molecule has 186 valence electrons. The number of hydrogen-bond donors (Lipinski definition) is 2. The minimum atomic E-state index is 0. The van der Waals surface area contributed by atoms with Gasteiger partial charge in [0.05, 0.1) is 11.9 Å². The fraction of sp³-hybridized carbons (Fsp3) is 0.391. The van der Waals surface area contributed by atoms with Gasteiger partial charge in [0.1, 0.15) is 17.3 Å². The first-order valence-electron chi connectivity index (χ1n) is 11.1. The number of phenols is 1. The Kier molecular flexibility index (Phi) is 8.09. The molecular weight excluding hydrogens is 489 g/mol. The third-order valence-corrected chi connectivity index (χ3v) is 6.02. The molecular formula is C23H29Cl2N9O. The van der Waals surface area contributed by atoms with E-state index in [9.17, 15) is 5.11 Å². The maximum Gasteiger partial charge on any atom is 0.245 e. The molecule has 4 heterocycles. The first kappa shape index (κ1) is 26.5. The van der Waals surface area contributed by atoms with Crippen molar-refractivity contribution in [2.45, 2.75) is 33.7 Å². The lowest BCUT2D eigenvalue weighted by Crippen LogP contribution is -2.53. The molecule has 4 aromatic rings. The lowest BCUT2D eigenvalue weighted by atomic mass is 10.0. The van der Waals surface area contributed by atoms with Gasteiger partial charge < -0.3 is 15.3 Å². The van der Waals surface area contributed by atoms with Gasteiger partial charge in [0, 0.05) is 36.8 Å². The molecule has 10 nitrogen and oxygen atoms in total. The monoisotopic (exact) mass is 517 g/mol. The van der Waals surface area contributed by atoms with E-state index in [0.717, 1.165) is 36.4 Å². The molecule has 0 saturated carbocycles. The molecule has 0 aliphatic carbocycles. The lowest BCUT2D eigenvalue weighted by molar-refractivity contribution is 0.365. The molecule has 1 fully saturated rings. The smallest absolute Gasteiger partial charge is 0.245 e. The summed E-state index contributed by atoms with van der Waals surface area (Å²) in [6.07, 6.45) is 1.66. The van der Waals surface area contributed by atoms with Gasteiger partial charge in [-0.15, -0.1) is 49.8 Å². The highest BCUT2D eigenvalue weighted by Crippen LogP contribution is 2.32. The number of anilines is 1. The number of aromatic nitrogens is 7. The summed E-state index contributed by atoms with van der Waals surface area (Å²) in [7, 11) is 0. The number of rotatable bonds is 4. The Labute approximate surface area is 216 Å². The van der Waals surface area contributed by atoms with Crippen LogP contribution in [-0.4, -0.2) is 65.8 Å². The zero-order valence-corrected chi connectivity index (χ0v) is 21.6. The number of benzene rings is 1. The van der Waals surface area contributed by atoms with Crippen molar-refractivity contribution in [1.82, 2.24) is 40.3 Å². The number of halogens is 2. The summed E-state index contributed by atoms with van der Waals surface area (Å²) in [5, 5.41) is 31.8. The van der Waals surface area contributed by atoms with Gasteiger partial charge in [0.2, 0.25) is 5.95 Å². The molecule has 5 rings (SSSR count). The van der Waals surface area contributed by atoms with E-state index in [2.05, 4.69) is 54.4 Å². The van der Waals surface area contributed by atoms with Crippen molar-refractivity contribution in [1.29, 1.82) is 0 Å². The fourth-order valence-corrected chi connectivity index (χ4v) is 4.11. The van der Waals surface area contributed by atoms with Crippen molar-refractivity contribution in [2.24, 2.45) is 5.92 Å². The quantitative estimate of drug-likeness (QED) is 0.420. The predicted octanol–water partition coefficient (Wildman–Crippen LogP) is 3.24. The van der Waals surface area contributed by atoms with Gasteiger partial charge in [-0.1, -0.05) is 19.9 Å². The number of aromatic hydroxyl groups is 1. The first-order valence-corrected chi connectivity index (χ1v) is 11.1. The van der Waals surface area contributed by atoms with Crippen LogP contribution in [0.4, 0.5) is 5.95 Å². The topological polar surface area (TPSA) is 117 Å². The van der Waals surface area contributed by atoms with Crippen LogP contribution >= 0.6 is 24.8 Å². The van der Waals surface area contributed by atoms with Crippen molar-refractivity contribution < 1.29 is 5.11 Å². The van der Waals surface area contributed by atoms with Gasteiger partial charge in [-0.2, -0.15) is 0 Å². The summed E-state index contributed by atoms with van der Waals surface area (Å²) in [5.41, 5.74) is 4.24. The van der Waals surface area contributed by atoms with Crippen LogP contribution in [0.2, 0.25) is 0 Å². The second-order valence-corrected chi connectivity index (χ2v) is 8.81. The number of aryl methyl sites for hydroxylation is 2. The highest BCUT2D eigenvalue weighted by atomic mass is 35.5. The molecule has 1 saturated heterocycles. The molecule has 0 amide bonds. The highest BCUT2D eigenvalue weighted by molar-refractivity contribution is 5.85. The zero-order chi connectivity index (χ0) is 23.1. The molecule has 1 aliphatic heterocycles. The van der Waals surface area contributed by atoms with Crippen molar-refractivity contribution in [2.75, 3.05) is 24.5 Å². The van der Waals surface area contributed by atoms with Crippen LogP contribution in [0.15, 0.2) is 30.5 Å². The predicted molar refractivity (Wildman–Crippen MR) is 140 cm³/mol. The van der Waals surface area contributed by atoms with E-state index in [4.69, 9.17) is 0 Å². The van der Waals surface area contributed by atoms with E-state index < -0.39 is 0 Å². The van der Waals surface area contributed by atoms with Crippen molar-refractivity contribution in [3.05, 3.63) is 41.9 Å². The molecule has 35 heavy (non-hydrogen) atoms. The van der Waals surface area contributed by atoms with Crippen LogP contribution < -0.4 is 10.2 Å². The maximum atomic E-state index is 10.7. The third kappa shape index (κ3) is 5.29. The van der Waals surface area contributed by atoms with Crippen LogP contribution in [0.1, 0.15) is 25.2 Å². The van der Waals surface area contributed by atoms with Crippen LogP contribution in [0.5, 0.6) is 5.75 Å². The standard InChI is InChI=1S/C23H27N9O.2ClH/c1-13(2)20-12-31(8-7-24-20)23-25-11-19(27-28-23)17-6-5-16(10-21(17)33)18-9-14(3)22-26-15(4)29-32(22)30-18;;/h5-6,9-11,13,20,24,33H,7-8,12H2,1-4H3;2*1H/t20-;;/m1../s1. The molecule has 1 atom stereocenters. The summed E-state index contributed by atoms with van der Waals surface area (Å²) >= 11 is 0. The molecule has 1 aromatic carbocycles. The van der Waals surface area contributed by atoms with E-state index in [0.29, 0.717) is 40.7 Å². The van der Waals surface area contributed by atoms with E-state index in [1.165, 1.54) is 4.63 Å². The molecule has 0 spiro atoms. The van der Waals surface area contributed by atoms with Crippen LogP contribution in [0.25, 0.3) is 28.2 Å². The molecule has 0 unspecified atom stereocenters. The normalized spacial score (nSPS) is 15.7. The van der Waals surface area contributed by atoms with E-state index >= 15 is 0 Å². The molecule has 3 aromatic heterocycles. The summed E-state index contributed by atoms with van der Waals surface area (Å²) in [5.74, 6) is 1.89. The van der Waals surface area contributed by atoms with Gasteiger partial charge in [-0.3, -0.25) is 0 Å². The Balaban J connectivity index is 0.00000171. The lowest BCUT2D eigenvalue weighted by Gasteiger charge is -2.35. The van der Waals surface area contributed by atoms with Gasteiger partial charge >= 0.3 is 0 Å². The first-order chi connectivity index (χ1) is 15.9. The minimum absolute atomic E-state index is 0. The van der Waals surface area contributed by atoms with E-state index in [1.807, 2.05) is 32.0 Å². The second-order valence-electron chi connectivity index (χ2n) is 8.81. The number of nitrogens with one attached hydrogen (secondary N) is 1. The highest BCUT2D eigenvalue weighted by Gasteiger charge is 2.24. The average molecular weight is 518 g/mol. The molecule has 0 bridgehead atoms. The Hall–Kier alpha value is -3.08. The second kappa shape index (κ2) is 10.7. The van der Waals surface area contributed by atoms with E-state index in [1.54, 1.807) is 12.3 Å². The molecule has 12 heteroatoms. The summed E-state index contributed by atoms with van der Waals surface area (Å²) in [6.45, 7) is 10.8. The Bertz CT molecular complexity index is 1310. The van der Waals surface area contributed by atoms with E-state index in [-0.39, 0.29) is 30.6 Å². The van der Waals surface area contributed by atoms with Gasteiger partial charge in [0.25, 0.3) is 0 Å². The van der Waals surface area contributed by atoms with Gasteiger partial charge in [-0.25, -0.2) is 9.97 Å². The number of phenolic OH excluding ortho intramolecular Hbond substituents is 1. The van der Waals surface area contributed by atoms with Crippen LogP contribution in [0, 0.1) is 19.8 Å². The van der Waals surface area contributed by atoms with Crippen LogP contribution in [-0.2, 0) is 0 Å². The largest absolute Gasteiger partial charge is 0.507 e. The number of hydrogen-bond acceptors (Lipinski definition) is 9. The minimum Gasteiger partial charge on any atom is -0.507 e. The number of piperazine rings is 1. The Morgan fingerprint density at radius 1 is 1.06 bits per heavy atom. The Morgan fingerprint density at radius 2 is 1.86 bits per heavy atom. The average Bonchev–Trinajstić information content (AvgIpc) is 3.20. The third-order valence-electron chi connectivity index (χ3n) is 6.02. The number of fused-ring (bicyclic) bond motifs is 1. The number of nitrogens with zero attached hydrogens (tertiary/aromatic N) is 8. The van der Waals surface area contributed by atoms with Crippen LogP contribution in [0.3, 0.4) is 0 Å². The van der Waals surface area contributed by atoms with Gasteiger partial charge in [-0.05, 0) is 43.5 Å². The SMILES string of the molecule is Cc1nc2c(C)cc(-c3ccc(-c4cnc(N5CCN[C@@H](C(C)C)C5)nn4)c(O)c3)nn2n1.Cl.Cl. The molecule has 1 aliphatic rings.